The van der Waals surface area contributed by atoms with Gasteiger partial charge in [-0.1, -0.05) is 12.1 Å². The molecule has 1 aromatic carbocycles. The fraction of sp³-hybridized carbons (Fsp3) is 0.704. The van der Waals surface area contributed by atoms with E-state index in [0.29, 0.717) is 50.8 Å². The number of piperidine rings is 1. The third-order valence-corrected chi connectivity index (χ3v) is 10.4. The molecule has 3 aliphatic rings. The van der Waals surface area contributed by atoms with E-state index in [1.54, 1.807) is 0 Å². The molecule has 2 N–H and O–H groups in total. The zero-order valence-corrected chi connectivity index (χ0v) is 22.9. The van der Waals surface area contributed by atoms with Crippen molar-refractivity contribution in [3.63, 3.8) is 0 Å². The van der Waals surface area contributed by atoms with Crippen LogP contribution in [0.25, 0.3) is 0 Å². The number of hydrogen-bond acceptors (Lipinski definition) is 5. The number of amidine groups is 1. The molecule has 1 amide bonds. The van der Waals surface area contributed by atoms with Crippen LogP contribution >= 0.6 is 0 Å². The zero-order valence-electron chi connectivity index (χ0n) is 22.1. The van der Waals surface area contributed by atoms with Gasteiger partial charge in [0.1, 0.15) is 11.4 Å². The van der Waals surface area contributed by atoms with Gasteiger partial charge in [-0.05, 0) is 93.4 Å². The van der Waals surface area contributed by atoms with Crippen LogP contribution in [0.1, 0.15) is 73.6 Å². The van der Waals surface area contributed by atoms with Gasteiger partial charge in [0.2, 0.25) is 10.0 Å². The van der Waals surface area contributed by atoms with Gasteiger partial charge in [0.15, 0.2) is 0 Å². The summed E-state index contributed by atoms with van der Waals surface area (Å²) in [4.78, 5) is 17.7. The number of aryl methyl sites for hydroxylation is 2. The molecule has 1 spiro atoms. The lowest BCUT2D eigenvalue weighted by molar-refractivity contribution is -0.138. The summed E-state index contributed by atoms with van der Waals surface area (Å²) >= 11 is 0. The monoisotopic (exact) mass is 557 g/mol. The molecule has 1 saturated heterocycles. The van der Waals surface area contributed by atoms with E-state index in [4.69, 9.17) is 4.99 Å². The maximum Gasteiger partial charge on any atom is 0.389 e. The Labute approximate surface area is 222 Å². The average Bonchev–Trinajstić information content (AvgIpc) is 3.17. The summed E-state index contributed by atoms with van der Waals surface area (Å²) in [5.74, 6) is 0.481. The van der Waals surface area contributed by atoms with Gasteiger partial charge < -0.3 is 10.4 Å². The van der Waals surface area contributed by atoms with Crippen LogP contribution in [0, 0.1) is 25.7 Å². The molecule has 1 aliphatic carbocycles. The first-order valence-electron chi connectivity index (χ1n) is 13.5. The Kier molecular flexibility index (Phi) is 8.59. The highest BCUT2D eigenvalue weighted by Gasteiger charge is 2.48. The number of sulfonamides is 1. The minimum Gasteiger partial charge on any atom is -0.392 e. The summed E-state index contributed by atoms with van der Waals surface area (Å²) in [6, 6.07) is 3.76. The minimum absolute atomic E-state index is 0.0293. The predicted molar refractivity (Wildman–Crippen MR) is 139 cm³/mol. The molecule has 7 nitrogen and oxygen atoms in total. The van der Waals surface area contributed by atoms with Crippen LogP contribution < -0.4 is 5.32 Å². The van der Waals surface area contributed by atoms with Crippen molar-refractivity contribution in [3.8, 4) is 0 Å². The van der Waals surface area contributed by atoms with Crippen LogP contribution in [0.5, 0.6) is 0 Å². The number of nitrogens with one attached hydrogen (secondary N) is 1. The smallest absolute Gasteiger partial charge is 0.389 e. The first-order chi connectivity index (χ1) is 17.8. The molecule has 4 rings (SSSR count). The Morgan fingerprint density at radius 2 is 1.71 bits per heavy atom. The van der Waals surface area contributed by atoms with Gasteiger partial charge in [-0.25, -0.2) is 12.7 Å². The van der Waals surface area contributed by atoms with Crippen LogP contribution in [0.2, 0.25) is 0 Å². The van der Waals surface area contributed by atoms with Crippen molar-refractivity contribution < 1.29 is 31.5 Å². The summed E-state index contributed by atoms with van der Waals surface area (Å²) in [6.45, 7) is 4.22. The number of halogens is 3. The maximum absolute atomic E-state index is 13.1. The highest BCUT2D eigenvalue weighted by Crippen LogP contribution is 2.38. The van der Waals surface area contributed by atoms with Crippen molar-refractivity contribution in [1.29, 1.82) is 0 Å². The molecule has 0 atom stereocenters. The first-order valence-corrected chi connectivity index (χ1v) is 15.1. The molecule has 1 aromatic rings. The average molecular weight is 558 g/mol. The minimum atomic E-state index is -4.13. The second-order valence-corrected chi connectivity index (χ2v) is 13.3. The summed E-state index contributed by atoms with van der Waals surface area (Å²) in [6.07, 6.45) is -0.939. The van der Waals surface area contributed by atoms with Gasteiger partial charge in [-0.15, -0.1) is 0 Å². The molecule has 0 unspecified atom stereocenters. The number of hydrogen-bond donors (Lipinski definition) is 2. The lowest BCUT2D eigenvalue weighted by Crippen LogP contribution is -2.51. The summed E-state index contributed by atoms with van der Waals surface area (Å²) < 4.78 is 65.3. The molecular weight excluding hydrogens is 519 g/mol. The quantitative estimate of drug-likeness (QED) is 0.501. The molecule has 2 heterocycles. The lowest BCUT2D eigenvalue weighted by Gasteiger charge is -2.34. The topological polar surface area (TPSA) is 99.1 Å². The second kappa shape index (κ2) is 11.3. The van der Waals surface area contributed by atoms with Gasteiger partial charge in [0, 0.05) is 25.4 Å². The molecule has 212 valence electrons. The number of aliphatic hydroxyl groups is 1. The first kappa shape index (κ1) is 29.0. The van der Waals surface area contributed by atoms with E-state index < -0.39 is 28.2 Å². The standard InChI is InChI=1S/C27H38F3N3O4S/c1-18-15-21(17-34)16-19(2)23(18)8-14-38(36,37)33-12-10-26(11-13-33)25(35)31-24(32-26)22-5-3-20(4-6-22)7-9-27(28,29)30/h15-16,20,22,34H,3-14,17H2,1-2H3,(H,31,32,35). The number of amides is 1. The molecule has 2 aliphatic heterocycles. The van der Waals surface area contributed by atoms with E-state index in [0.717, 1.165) is 22.3 Å². The van der Waals surface area contributed by atoms with E-state index in [1.165, 1.54) is 4.31 Å². The largest absolute Gasteiger partial charge is 0.392 e. The van der Waals surface area contributed by atoms with Crippen LogP contribution in [-0.4, -0.2) is 60.1 Å². The molecule has 0 aromatic heterocycles. The summed E-state index contributed by atoms with van der Waals surface area (Å²) in [5, 5.41) is 12.3. The Morgan fingerprint density at radius 3 is 2.26 bits per heavy atom. The molecular formula is C27H38F3N3O4S. The van der Waals surface area contributed by atoms with Crippen molar-refractivity contribution in [2.24, 2.45) is 16.8 Å². The summed E-state index contributed by atoms with van der Waals surface area (Å²) in [5.41, 5.74) is 2.73. The molecule has 0 bridgehead atoms. The third-order valence-electron chi connectivity index (χ3n) is 8.56. The maximum atomic E-state index is 13.1. The van der Waals surface area contributed by atoms with E-state index in [1.807, 2.05) is 26.0 Å². The number of alkyl halides is 3. The number of carbonyl (C=O) groups is 1. The predicted octanol–water partition coefficient (Wildman–Crippen LogP) is 4.18. The lowest BCUT2D eigenvalue weighted by atomic mass is 9.79. The molecule has 2 fully saturated rings. The second-order valence-electron chi connectivity index (χ2n) is 11.2. The number of rotatable bonds is 8. The SMILES string of the molecule is Cc1cc(CO)cc(C)c1CCS(=O)(=O)N1CCC2(CC1)N=C(C1CCC(CCC(F)(F)F)CC1)NC2=O. The molecule has 11 heteroatoms. The van der Waals surface area contributed by atoms with Crippen LogP contribution in [0.3, 0.4) is 0 Å². The number of aliphatic imine (C=N–C) groups is 1. The summed E-state index contributed by atoms with van der Waals surface area (Å²) in [7, 11) is -3.53. The van der Waals surface area contributed by atoms with Crippen LogP contribution in [0.15, 0.2) is 17.1 Å². The van der Waals surface area contributed by atoms with E-state index in [-0.39, 0.29) is 49.6 Å². The van der Waals surface area contributed by atoms with E-state index in [2.05, 4.69) is 5.32 Å². The molecule has 38 heavy (non-hydrogen) atoms. The number of nitrogens with zero attached hydrogens (tertiary/aromatic N) is 2. The van der Waals surface area contributed by atoms with E-state index >= 15 is 0 Å². The highest BCUT2D eigenvalue weighted by atomic mass is 32.2. The third kappa shape index (κ3) is 6.59. The van der Waals surface area contributed by atoms with Gasteiger partial charge in [-0.2, -0.15) is 13.2 Å². The number of benzene rings is 1. The van der Waals surface area contributed by atoms with Gasteiger partial charge in [-0.3, -0.25) is 9.79 Å². The van der Waals surface area contributed by atoms with Gasteiger partial charge >= 0.3 is 6.18 Å². The van der Waals surface area contributed by atoms with Crippen molar-refractivity contribution >= 4 is 21.8 Å². The van der Waals surface area contributed by atoms with Crippen molar-refractivity contribution in [1.82, 2.24) is 9.62 Å². The highest BCUT2D eigenvalue weighted by molar-refractivity contribution is 7.89. The Balaban J connectivity index is 1.32. The molecule has 1 saturated carbocycles. The Bertz CT molecular complexity index is 1140. The molecule has 0 radical (unpaired) electrons. The van der Waals surface area contributed by atoms with Crippen LogP contribution in [-0.2, 0) is 27.8 Å². The number of carbonyl (C=O) groups excluding carboxylic acids is 1. The number of aliphatic hydroxyl groups excluding tert-OH is 1. The van der Waals surface area contributed by atoms with Gasteiger partial charge in [0.25, 0.3) is 5.91 Å². The fourth-order valence-corrected chi connectivity index (χ4v) is 7.69. The van der Waals surface area contributed by atoms with Crippen molar-refractivity contribution in [3.05, 3.63) is 34.4 Å². The Morgan fingerprint density at radius 1 is 1.11 bits per heavy atom. The van der Waals surface area contributed by atoms with Crippen molar-refractivity contribution in [2.45, 2.75) is 90.0 Å². The fourth-order valence-electron chi connectivity index (χ4n) is 6.23. The van der Waals surface area contributed by atoms with E-state index in [9.17, 15) is 31.5 Å². The van der Waals surface area contributed by atoms with Crippen molar-refractivity contribution in [2.75, 3.05) is 18.8 Å². The normalized spacial score (nSPS) is 24.5. The zero-order chi connectivity index (χ0) is 27.7. The van der Waals surface area contributed by atoms with Gasteiger partial charge in [0.05, 0.1) is 12.4 Å². The Hall–Kier alpha value is -1.98. The van der Waals surface area contributed by atoms with Crippen LogP contribution in [0.4, 0.5) is 13.2 Å².